The number of rotatable bonds is 11. The summed E-state index contributed by atoms with van der Waals surface area (Å²) in [4.78, 5) is 11.0. The van der Waals surface area contributed by atoms with Gasteiger partial charge in [-0.2, -0.15) is 0 Å². The van der Waals surface area contributed by atoms with Gasteiger partial charge in [0.05, 0.1) is 7.11 Å². The molecule has 1 aliphatic rings. The summed E-state index contributed by atoms with van der Waals surface area (Å²) in [5, 5.41) is 0. The molecule has 1 aliphatic carbocycles. The zero-order valence-corrected chi connectivity index (χ0v) is 15.0. The van der Waals surface area contributed by atoms with E-state index in [-0.39, 0.29) is 5.97 Å². The molecule has 0 heterocycles. The Hall–Kier alpha value is -1.31. The summed E-state index contributed by atoms with van der Waals surface area (Å²) in [6.45, 7) is 2.21. The van der Waals surface area contributed by atoms with E-state index < -0.39 is 0 Å². The van der Waals surface area contributed by atoms with Crippen LogP contribution in [0.15, 0.2) is 36.5 Å². The van der Waals surface area contributed by atoms with E-state index in [4.69, 9.17) is 0 Å². The second kappa shape index (κ2) is 13.2. The van der Waals surface area contributed by atoms with E-state index >= 15 is 0 Å². The van der Waals surface area contributed by atoms with Crippen molar-refractivity contribution in [1.29, 1.82) is 0 Å². The SMILES string of the molecule is CCCC=CCC=C[C@H]1CCC[C@@H]1CC=CCCCC(=O)OC. The van der Waals surface area contributed by atoms with Crippen molar-refractivity contribution in [2.75, 3.05) is 7.11 Å². The number of unbranched alkanes of at least 4 members (excludes halogenated alkanes) is 2. The van der Waals surface area contributed by atoms with E-state index in [2.05, 4.69) is 48.1 Å². The van der Waals surface area contributed by atoms with Crippen LogP contribution in [0, 0.1) is 11.8 Å². The third-order valence-corrected chi connectivity index (χ3v) is 4.58. The smallest absolute Gasteiger partial charge is 0.305 e. The first-order valence-corrected chi connectivity index (χ1v) is 9.31. The number of ether oxygens (including phenoxy) is 1. The van der Waals surface area contributed by atoms with Gasteiger partial charge in [0.25, 0.3) is 0 Å². The van der Waals surface area contributed by atoms with Crippen molar-refractivity contribution in [2.45, 2.75) is 71.1 Å². The summed E-state index contributed by atoms with van der Waals surface area (Å²) in [6, 6.07) is 0. The van der Waals surface area contributed by atoms with Crippen molar-refractivity contribution in [3.05, 3.63) is 36.5 Å². The maximum atomic E-state index is 11.0. The maximum Gasteiger partial charge on any atom is 0.305 e. The molecule has 0 aliphatic heterocycles. The van der Waals surface area contributed by atoms with Crippen molar-refractivity contribution in [2.24, 2.45) is 11.8 Å². The average molecular weight is 319 g/mol. The van der Waals surface area contributed by atoms with Gasteiger partial charge in [0.1, 0.15) is 0 Å². The summed E-state index contributed by atoms with van der Waals surface area (Å²) < 4.78 is 4.64. The lowest BCUT2D eigenvalue weighted by molar-refractivity contribution is -0.140. The minimum Gasteiger partial charge on any atom is -0.469 e. The molecule has 0 aromatic carbocycles. The van der Waals surface area contributed by atoms with Crippen LogP contribution < -0.4 is 0 Å². The lowest BCUT2D eigenvalue weighted by Crippen LogP contribution is -2.03. The molecule has 0 amide bonds. The molecule has 0 bridgehead atoms. The molecule has 0 unspecified atom stereocenters. The van der Waals surface area contributed by atoms with Gasteiger partial charge in [0, 0.05) is 6.42 Å². The fraction of sp³-hybridized carbons (Fsp3) is 0.667. The first kappa shape index (κ1) is 19.7. The van der Waals surface area contributed by atoms with E-state index in [0.717, 1.165) is 31.1 Å². The predicted molar refractivity (Wildman–Crippen MR) is 98.3 cm³/mol. The summed E-state index contributed by atoms with van der Waals surface area (Å²) in [7, 11) is 1.45. The molecule has 1 saturated carbocycles. The van der Waals surface area contributed by atoms with Crippen LogP contribution in [0.5, 0.6) is 0 Å². The summed E-state index contributed by atoms with van der Waals surface area (Å²) in [5.74, 6) is 1.46. The maximum absolute atomic E-state index is 11.0. The lowest BCUT2D eigenvalue weighted by atomic mass is 9.92. The molecule has 1 rings (SSSR count). The fourth-order valence-electron chi connectivity index (χ4n) is 3.18. The van der Waals surface area contributed by atoms with Gasteiger partial charge < -0.3 is 4.74 Å². The highest BCUT2D eigenvalue weighted by Gasteiger charge is 2.23. The van der Waals surface area contributed by atoms with Crippen molar-refractivity contribution < 1.29 is 9.53 Å². The standard InChI is InChI=1S/C21H34O2/c1-3-4-5-6-7-10-14-19-16-13-17-20(19)15-11-8-9-12-18-21(22)23-2/h5-6,8,10-11,14,19-20H,3-4,7,9,12-13,15-18H2,1-2H3/t19-,20-/m0/s1. The topological polar surface area (TPSA) is 26.3 Å². The Morgan fingerprint density at radius 2 is 1.91 bits per heavy atom. The molecule has 0 N–H and O–H groups in total. The van der Waals surface area contributed by atoms with Crippen molar-refractivity contribution >= 4 is 5.97 Å². The molecular weight excluding hydrogens is 284 g/mol. The van der Waals surface area contributed by atoms with E-state index in [9.17, 15) is 4.79 Å². The molecule has 0 aromatic rings. The highest BCUT2D eigenvalue weighted by molar-refractivity contribution is 5.69. The molecule has 130 valence electrons. The van der Waals surface area contributed by atoms with Gasteiger partial charge in [-0.3, -0.25) is 4.79 Å². The molecule has 0 saturated heterocycles. The Kier molecular flexibility index (Phi) is 11.3. The molecule has 2 nitrogen and oxygen atoms in total. The quantitative estimate of drug-likeness (QED) is 0.265. The van der Waals surface area contributed by atoms with Crippen LogP contribution >= 0.6 is 0 Å². The van der Waals surface area contributed by atoms with Crippen molar-refractivity contribution in [1.82, 2.24) is 0 Å². The van der Waals surface area contributed by atoms with Crippen LogP contribution in [-0.4, -0.2) is 13.1 Å². The average Bonchev–Trinajstić information content (AvgIpc) is 3.01. The van der Waals surface area contributed by atoms with E-state index in [1.165, 1.54) is 45.6 Å². The van der Waals surface area contributed by atoms with Crippen LogP contribution in [0.1, 0.15) is 71.1 Å². The molecule has 2 atom stereocenters. The Morgan fingerprint density at radius 1 is 1.09 bits per heavy atom. The van der Waals surface area contributed by atoms with E-state index in [1.807, 2.05) is 0 Å². The molecule has 1 fully saturated rings. The highest BCUT2D eigenvalue weighted by atomic mass is 16.5. The molecule has 0 radical (unpaired) electrons. The van der Waals surface area contributed by atoms with Gasteiger partial charge in [0.15, 0.2) is 0 Å². The van der Waals surface area contributed by atoms with Crippen LogP contribution in [0.4, 0.5) is 0 Å². The van der Waals surface area contributed by atoms with Crippen LogP contribution in [0.25, 0.3) is 0 Å². The first-order chi connectivity index (χ1) is 11.3. The Morgan fingerprint density at radius 3 is 2.70 bits per heavy atom. The van der Waals surface area contributed by atoms with Crippen molar-refractivity contribution in [3.8, 4) is 0 Å². The van der Waals surface area contributed by atoms with Gasteiger partial charge >= 0.3 is 5.97 Å². The fourth-order valence-corrected chi connectivity index (χ4v) is 3.18. The first-order valence-electron chi connectivity index (χ1n) is 9.31. The number of carbonyl (C=O) groups excluding carboxylic acids is 1. The number of esters is 1. The number of hydrogen-bond acceptors (Lipinski definition) is 2. The predicted octanol–water partition coefficient (Wildman–Crippen LogP) is 5.99. The monoisotopic (exact) mass is 318 g/mol. The van der Waals surface area contributed by atoms with Crippen LogP contribution in [-0.2, 0) is 9.53 Å². The highest BCUT2D eigenvalue weighted by Crippen LogP contribution is 2.35. The number of carbonyl (C=O) groups is 1. The summed E-state index contributed by atoms with van der Waals surface area (Å²) in [6.07, 6.45) is 25.0. The minimum absolute atomic E-state index is 0.104. The Bertz CT molecular complexity index is 393. The number of allylic oxidation sites excluding steroid dienone is 6. The lowest BCUT2D eigenvalue weighted by Gasteiger charge is -2.13. The third-order valence-electron chi connectivity index (χ3n) is 4.58. The number of methoxy groups -OCH3 is 1. The van der Waals surface area contributed by atoms with Crippen LogP contribution in [0.3, 0.4) is 0 Å². The summed E-state index contributed by atoms with van der Waals surface area (Å²) >= 11 is 0. The van der Waals surface area contributed by atoms with Gasteiger partial charge in [-0.25, -0.2) is 0 Å². The van der Waals surface area contributed by atoms with Crippen LogP contribution in [0.2, 0.25) is 0 Å². The second-order valence-electron chi connectivity index (χ2n) is 6.45. The largest absolute Gasteiger partial charge is 0.469 e. The zero-order valence-electron chi connectivity index (χ0n) is 15.0. The zero-order chi connectivity index (χ0) is 16.8. The molecular formula is C21H34O2. The van der Waals surface area contributed by atoms with E-state index in [1.54, 1.807) is 0 Å². The second-order valence-corrected chi connectivity index (χ2v) is 6.45. The third kappa shape index (κ3) is 9.43. The summed E-state index contributed by atoms with van der Waals surface area (Å²) in [5.41, 5.74) is 0. The molecule has 0 aromatic heterocycles. The van der Waals surface area contributed by atoms with Crippen molar-refractivity contribution in [3.63, 3.8) is 0 Å². The minimum atomic E-state index is -0.104. The Balaban J connectivity index is 2.19. The molecule has 2 heteroatoms. The van der Waals surface area contributed by atoms with Gasteiger partial charge in [0.2, 0.25) is 0 Å². The number of hydrogen-bond donors (Lipinski definition) is 0. The molecule has 0 spiro atoms. The Labute approximate surface area is 142 Å². The van der Waals surface area contributed by atoms with Gasteiger partial charge in [-0.15, -0.1) is 0 Å². The molecule has 23 heavy (non-hydrogen) atoms. The van der Waals surface area contributed by atoms with Gasteiger partial charge in [-0.1, -0.05) is 56.2 Å². The van der Waals surface area contributed by atoms with E-state index in [0.29, 0.717) is 6.42 Å². The normalized spacial score (nSPS) is 21.8. The van der Waals surface area contributed by atoms with Gasteiger partial charge in [-0.05, 0) is 56.8 Å².